The zero-order chi connectivity index (χ0) is 13.2. The van der Waals surface area contributed by atoms with Gasteiger partial charge in [0.25, 0.3) is 0 Å². The Morgan fingerprint density at radius 1 is 1.32 bits per heavy atom. The van der Waals surface area contributed by atoms with Gasteiger partial charge in [-0.2, -0.15) is 0 Å². The Morgan fingerprint density at radius 2 is 2.16 bits per heavy atom. The van der Waals surface area contributed by atoms with Crippen LogP contribution >= 0.6 is 11.6 Å². The molecular weight excluding hydrogens is 266 g/mol. The summed E-state index contributed by atoms with van der Waals surface area (Å²) in [6.07, 6.45) is 1.74. The lowest BCUT2D eigenvalue weighted by molar-refractivity contribution is 0.0667. The minimum Gasteiger partial charge on any atom is -0.486 e. The van der Waals surface area contributed by atoms with Crippen molar-refractivity contribution < 1.29 is 14.6 Å². The molecule has 1 aromatic carbocycles. The molecule has 1 atom stereocenters. The first-order chi connectivity index (χ1) is 9.22. The molecule has 1 aromatic rings. The van der Waals surface area contributed by atoms with Crippen molar-refractivity contribution in [3.05, 3.63) is 22.7 Å². The molecule has 0 bridgehead atoms. The molecule has 2 aliphatic rings. The Morgan fingerprint density at radius 3 is 3.00 bits per heavy atom. The average molecular weight is 284 g/mol. The molecule has 3 rings (SSSR count). The van der Waals surface area contributed by atoms with Gasteiger partial charge in [-0.1, -0.05) is 11.6 Å². The highest BCUT2D eigenvalue weighted by molar-refractivity contribution is 6.32. The van der Waals surface area contributed by atoms with Crippen LogP contribution in [0.3, 0.4) is 0 Å². The molecule has 1 fully saturated rings. The number of aliphatic hydroxyl groups is 1. The Bertz CT molecular complexity index is 466. The number of halogens is 1. The number of ether oxygens (including phenoxy) is 2. The molecule has 1 N–H and O–H groups in total. The van der Waals surface area contributed by atoms with Crippen LogP contribution in [-0.2, 0) is 6.54 Å². The van der Waals surface area contributed by atoms with Gasteiger partial charge in [-0.15, -0.1) is 0 Å². The van der Waals surface area contributed by atoms with E-state index in [2.05, 4.69) is 4.90 Å². The number of piperidine rings is 1. The molecule has 104 valence electrons. The van der Waals surface area contributed by atoms with Gasteiger partial charge in [0.2, 0.25) is 0 Å². The van der Waals surface area contributed by atoms with Crippen LogP contribution in [0.4, 0.5) is 0 Å². The van der Waals surface area contributed by atoms with Gasteiger partial charge in [0.15, 0.2) is 11.5 Å². The molecular formula is C14H18ClNO3. The maximum absolute atomic E-state index is 9.69. The van der Waals surface area contributed by atoms with Crippen molar-refractivity contribution in [3.63, 3.8) is 0 Å². The summed E-state index contributed by atoms with van der Waals surface area (Å²) in [5, 5.41) is 10.3. The largest absolute Gasteiger partial charge is 0.486 e. The predicted molar refractivity (Wildman–Crippen MR) is 73.0 cm³/mol. The first-order valence-corrected chi connectivity index (χ1v) is 7.08. The van der Waals surface area contributed by atoms with E-state index < -0.39 is 0 Å². The minimum atomic E-state index is -0.207. The van der Waals surface area contributed by atoms with Crippen LogP contribution in [0, 0.1) is 0 Å². The fraction of sp³-hybridized carbons (Fsp3) is 0.571. The van der Waals surface area contributed by atoms with E-state index in [-0.39, 0.29) is 6.10 Å². The van der Waals surface area contributed by atoms with Crippen LogP contribution in [0.2, 0.25) is 5.02 Å². The van der Waals surface area contributed by atoms with Gasteiger partial charge in [0, 0.05) is 13.1 Å². The molecule has 1 saturated heterocycles. The number of hydrogen-bond acceptors (Lipinski definition) is 4. The molecule has 0 radical (unpaired) electrons. The summed E-state index contributed by atoms with van der Waals surface area (Å²) in [4.78, 5) is 2.25. The van der Waals surface area contributed by atoms with Crippen LogP contribution in [0.15, 0.2) is 12.1 Å². The van der Waals surface area contributed by atoms with Crippen molar-refractivity contribution in [1.82, 2.24) is 4.90 Å². The number of hydrogen-bond donors (Lipinski definition) is 1. The molecule has 1 unspecified atom stereocenters. The summed E-state index contributed by atoms with van der Waals surface area (Å²) in [6.45, 7) is 3.64. The zero-order valence-corrected chi connectivity index (χ0v) is 11.5. The number of aliphatic hydroxyl groups excluding tert-OH is 1. The third kappa shape index (κ3) is 2.96. The van der Waals surface area contributed by atoms with Gasteiger partial charge in [-0.05, 0) is 37.1 Å². The van der Waals surface area contributed by atoms with Gasteiger partial charge in [0.1, 0.15) is 13.2 Å². The highest BCUT2D eigenvalue weighted by Gasteiger charge is 2.20. The van der Waals surface area contributed by atoms with Crippen molar-refractivity contribution in [1.29, 1.82) is 0 Å². The minimum absolute atomic E-state index is 0.207. The molecule has 0 saturated carbocycles. The molecule has 4 nitrogen and oxygen atoms in total. The van der Waals surface area contributed by atoms with Crippen molar-refractivity contribution in [2.75, 3.05) is 26.3 Å². The van der Waals surface area contributed by atoms with Crippen molar-refractivity contribution in [2.24, 2.45) is 0 Å². The number of nitrogens with zero attached hydrogens (tertiary/aromatic N) is 1. The second kappa shape index (κ2) is 5.57. The number of β-amino-alcohol motifs (C(OH)–C–C–N with tert-alkyl or cyclic N) is 1. The number of likely N-dealkylation sites (tertiary alicyclic amines) is 1. The van der Waals surface area contributed by atoms with Gasteiger partial charge >= 0.3 is 0 Å². The standard InChI is InChI=1S/C14H18ClNO3/c15-12-6-10(7-13-14(12)19-5-4-18-13)8-16-3-1-2-11(17)9-16/h6-7,11,17H,1-5,8-9H2. The van der Waals surface area contributed by atoms with E-state index >= 15 is 0 Å². The van der Waals surface area contributed by atoms with E-state index in [1.165, 1.54) is 0 Å². The molecule has 2 heterocycles. The van der Waals surface area contributed by atoms with E-state index in [4.69, 9.17) is 21.1 Å². The number of fused-ring (bicyclic) bond motifs is 1. The van der Waals surface area contributed by atoms with E-state index in [1.807, 2.05) is 12.1 Å². The summed E-state index contributed by atoms with van der Waals surface area (Å²) in [5.74, 6) is 1.38. The van der Waals surface area contributed by atoms with Crippen molar-refractivity contribution in [2.45, 2.75) is 25.5 Å². The van der Waals surface area contributed by atoms with Crippen LogP contribution in [0.5, 0.6) is 11.5 Å². The maximum Gasteiger partial charge on any atom is 0.179 e. The number of rotatable bonds is 2. The van der Waals surface area contributed by atoms with E-state index in [0.29, 0.717) is 24.0 Å². The van der Waals surface area contributed by atoms with Gasteiger partial charge < -0.3 is 14.6 Å². The summed E-state index contributed by atoms with van der Waals surface area (Å²) >= 11 is 6.22. The van der Waals surface area contributed by atoms with Crippen LogP contribution in [0.1, 0.15) is 18.4 Å². The molecule has 19 heavy (non-hydrogen) atoms. The molecule has 0 aliphatic carbocycles. The van der Waals surface area contributed by atoms with Crippen LogP contribution < -0.4 is 9.47 Å². The third-order valence-corrected chi connectivity index (χ3v) is 3.82. The monoisotopic (exact) mass is 283 g/mol. The lowest BCUT2D eigenvalue weighted by Gasteiger charge is -2.30. The second-order valence-electron chi connectivity index (χ2n) is 5.13. The van der Waals surface area contributed by atoms with Gasteiger partial charge in [-0.3, -0.25) is 4.90 Å². The van der Waals surface area contributed by atoms with Crippen LogP contribution in [-0.4, -0.2) is 42.4 Å². The summed E-state index contributed by atoms with van der Waals surface area (Å²) in [7, 11) is 0. The Kier molecular flexibility index (Phi) is 3.82. The Labute approximate surface area is 117 Å². The molecule has 0 aromatic heterocycles. The van der Waals surface area contributed by atoms with Crippen LogP contribution in [0.25, 0.3) is 0 Å². The average Bonchev–Trinajstić information content (AvgIpc) is 2.39. The van der Waals surface area contributed by atoms with E-state index in [9.17, 15) is 5.11 Å². The Balaban J connectivity index is 1.76. The third-order valence-electron chi connectivity index (χ3n) is 3.54. The Hall–Kier alpha value is -0.970. The molecule has 5 heteroatoms. The molecule has 2 aliphatic heterocycles. The SMILES string of the molecule is OC1CCCN(Cc2cc(Cl)c3c(c2)OCCO3)C1. The normalized spacial score (nSPS) is 23.4. The lowest BCUT2D eigenvalue weighted by atomic mass is 10.1. The topological polar surface area (TPSA) is 41.9 Å². The maximum atomic E-state index is 9.69. The van der Waals surface area contributed by atoms with Gasteiger partial charge in [0.05, 0.1) is 11.1 Å². The quantitative estimate of drug-likeness (QED) is 0.902. The fourth-order valence-corrected chi connectivity index (χ4v) is 2.98. The van der Waals surface area contributed by atoms with Gasteiger partial charge in [-0.25, -0.2) is 0 Å². The summed E-state index contributed by atoms with van der Waals surface area (Å²) < 4.78 is 11.1. The summed E-state index contributed by atoms with van der Waals surface area (Å²) in [6, 6.07) is 3.91. The summed E-state index contributed by atoms with van der Waals surface area (Å²) in [5.41, 5.74) is 1.10. The molecule has 0 spiro atoms. The van der Waals surface area contributed by atoms with E-state index in [0.717, 1.165) is 43.8 Å². The smallest absolute Gasteiger partial charge is 0.179 e. The first kappa shape index (κ1) is 13.0. The first-order valence-electron chi connectivity index (χ1n) is 6.71. The second-order valence-corrected chi connectivity index (χ2v) is 5.54. The number of benzene rings is 1. The van der Waals surface area contributed by atoms with Crippen molar-refractivity contribution in [3.8, 4) is 11.5 Å². The van der Waals surface area contributed by atoms with Crippen molar-refractivity contribution >= 4 is 11.6 Å². The lowest BCUT2D eigenvalue weighted by Crippen LogP contribution is -2.37. The molecule has 0 amide bonds. The fourth-order valence-electron chi connectivity index (χ4n) is 2.69. The predicted octanol–water partition coefficient (Wildman–Crippen LogP) is 2.07. The van der Waals surface area contributed by atoms with E-state index in [1.54, 1.807) is 0 Å². The highest BCUT2D eigenvalue weighted by Crippen LogP contribution is 2.38. The zero-order valence-electron chi connectivity index (χ0n) is 10.8. The highest BCUT2D eigenvalue weighted by atomic mass is 35.5.